The summed E-state index contributed by atoms with van der Waals surface area (Å²) in [5, 5.41) is 0. The van der Waals surface area contributed by atoms with Crippen molar-refractivity contribution in [2.24, 2.45) is 0 Å². The van der Waals surface area contributed by atoms with Crippen LogP contribution in [0.2, 0.25) is 0 Å². The van der Waals surface area contributed by atoms with Crippen molar-refractivity contribution < 1.29 is 9.53 Å². The van der Waals surface area contributed by atoms with E-state index in [2.05, 4.69) is 0 Å². The molecule has 49 valence electrons. The molecule has 2 nitrogen and oxygen atoms in total. The largest absolute Gasteiger partial charge is 0.498 e. The molecule has 1 aliphatic rings. The van der Waals surface area contributed by atoms with Crippen LogP contribution in [-0.2, 0) is 9.53 Å². The highest BCUT2D eigenvalue weighted by Crippen LogP contribution is 2.15. The predicted molar refractivity (Wildman–Crippen MR) is 33.6 cm³/mol. The van der Waals surface area contributed by atoms with Gasteiger partial charge in [-0.15, -0.1) is 0 Å². The molecule has 0 saturated heterocycles. The van der Waals surface area contributed by atoms with E-state index in [4.69, 9.17) is 4.74 Å². The van der Waals surface area contributed by atoms with Crippen molar-refractivity contribution in [3.8, 4) is 0 Å². The van der Waals surface area contributed by atoms with Crippen molar-refractivity contribution >= 4 is 6.29 Å². The molecule has 0 bridgehead atoms. The maximum absolute atomic E-state index is 10.1. The van der Waals surface area contributed by atoms with Crippen molar-refractivity contribution in [2.45, 2.75) is 19.8 Å². The molecule has 0 fully saturated rings. The Bertz CT molecular complexity index is 147. The fourth-order valence-electron chi connectivity index (χ4n) is 0.860. The number of hydrogen-bond acceptors (Lipinski definition) is 2. The van der Waals surface area contributed by atoms with Crippen LogP contribution in [0.25, 0.3) is 0 Å². The SMILES string of the molecule is CC1=C([C]=O)CCCO1. The summed E-state index contributed by atoms with van der Waals surface area (Å²) in [6, 6.07) is 0. The fourth-order valence-corrected chi connectivity index (χ4v) is 0.860. The van der Waals surface area contributed by atoms with Crippen LogP contribution in [0.3, 0.4) is 0 Å². The fraction of sp³-hybridized carbons (Fsp3) is 0.571. The van der Waals surface area contributed by atoms with Crippen LogP contribution in [0.4, 0.5) is 0 Å². The van der Waals surface area contributed by atoms with E-state index in [1.54, 1.807) is 6.92 Å². The van der Waals surface area contributed by atoms with Gasteiger partial charge in [0.25, 0.3) is 0 Å². The molecule has 1 radical (unpaired) electrons. The topological polar surface area (TPSA) is 26.3 Å². The second-order valence-electron chi connectivity index (χ2n) is 2.09. The Morgan fingerprint density at radius 3 is 2.89 bits per heavy atom. The zero-order valence-electron chi connectivity index (χ0n) is 5.44. The molecular formula is C7H9O2. The molecule has 2 heteroatoms. The number of ether oxygens (including phenoxy) is 1. The van der Waals surface area contributed by atoms with Gasteiger partial charge in [-0.2, -0.15) is 0 Å². The third kappa shape index (κ3) is 1.31. The lowest BCUT2D eigenvalue weighted by atomic mass is 10.1. The normalized spacial score (nSPS) is 19.2. The first-order chi connectivity index (χ1) is 4.34. The lowest BCUT2D eigenvalue weighted by Crippen LogP contribution is -2.04. The second-order valence-corrected chi connectivity index (χ2v) is 2.09. The van der Waals surface area contributed by atoms with E-state index in [1.165, 1.54) is 0 Å². The number of allylic oxidation sites excluding steroid dienone is 2. The van der Waals surface area contributed by atoms with Crippen molar-refractivity contribution in [2.75, 3.05) is 6.61 Å². The molecule has 0 spiro atoms. The third-order valence-electron chi connectivity index (χ3n) is 1.44. The summed E-state index contributed by atoms with van der Waals surface area (Å²) in [5.74, 6) is 0.747. The number of rotatable bonds is 1. The summed E-state index contributed by atoms with van der Waals surface area (Å²) >= 11 is 0. The van der Waals surface area contributed by atoms with Gasteiger partial charge in [0.1, 0.15) is 5.76 Å². The summed E-state index contributed by atoms with van der Waals surface area (Å²) in [6.45, 7) is 2.55. The Kier molecular flexibility index (Phi) is 1.88. The van der Waals surface area contributed by atoms with Gasteiger partial charge in [0.05, 0.1) is 6.61 Å². The minimum absolute atomic E-state index is 0.696. The van der Waals surface area contributed by atoms with E-state index in [0.717, 1.165) is 25.2 Å². The van der Waals surface area contributed by atoms with Crippen LogP contribution < -0.4 is 0 Å². The van der Waals surface area contributed by atoms with Gasteiger partial charge in [-0.05, 0) is 19.8 Å². The molecule has 0 N–H and O–H groups in total. The summed E-state index contributed by atoms with van der Waals surface area (Å²) in [4.78, 5) is 10.1. The van der Waals surface area contributed by atoms with E-state index in [0.29, 0.717) is 5.57 Å². The summed E-state index contributed by atoms with van der Waals surface area (Å²) in [5.41, 5.74) is 0.696. The molecule has 0 aromatic carbocycles. The van der Waals surface area contributed by atoms with Crippen LogP contribution in [-0.4, -0.2) is 12.9 Å². The van der Waals surface area contributed by atoms with Gasteiger partial charge in [0.2, 0.25) is 6.29 Å². The van der Waals surface area contributed by atoms with E-state index in [1.807, 2.05) is 6.29 Å². The molecule has 0 aromatic rings. The summed E-state index contributed by atoms with van der Waals surface area (Å²) in [7, 11) is 0. The predicted octanol–water partition coefficient (Wildman–Crippen LogP) is 1.18. The molecule has 9 heavy (non-hydrogen) atoms. The quantitative estimate of drug-likeness (QED) is 0.526. The van der Waals surface area contributed by atoms with Gasteiger partial charge in [-0.3, -0.25) is 4.79 Å². The first-order valence-corrected chi connectivity index (χ1v) is 3.05. The lowest BCUT2D eigenvalue weighted by Gasteiger charge is -2.13. The highest BCUT2D eigenvalue weighted by Gasteiger charge is 2.08. The van der Waals surface area contributed by atoms with Gasteiger partial charge >= 0.3 is 0 Å². The molecular weight excluding hydrogens is 116 g/mol. The molecule has 1 rings (SSSR count). The lowest BCUT2D eigenvalue weighted by molar-refractivity contribution is 0.192. The van der Waals surface area contributed by atoms with E-state index in [-0.39, 0.29) is 0 Å². The molecule has 0 amide bonds. The molecule has 1 heterocycles. The van der Waals surface area contributed by atoms with E-state index < -0.39 is 0 Å². The number of hydrogen-bond donors (Lipinski definition) is 0. The average molecular weight is 125 g/mol. The minimum Gasteiger partial charge on any atom is -0.498 e. The van der Waals surface area contributed by atoms with Crippen molar-refractivity contribution in [3.63, 3.8) is 0 Å². The monoisotopic (exact) mass is 125 g/mol. The molecule has 1 aliphatic heterocycles. The van der Waals surface area contributed by atoms with E-state index in [9.17, 15) is 4.79 Å². The van der Waals surface area contributed by atoms with Crippen molar-refractivity contribution in [1.82, 2.24) is 0 Å². The van der Waals surface area contributed by atoms with Gasteiger partial charge in [0.15, 0.2) is 0 Å². The molecule has 0 aliphatic carbocycles. The minimum atomic E-state index is 0.696. The van der Waals surface area contributed by atoms with Crippen molar-refractivity contribution in [3.05, 3.63) is 11.3 Å². The van der Waals surface area contributed by atoms with Crippen LogP contribution in [0.15, 0.2) is 11.3 Å². The highest BCUT2D eigenvalue weighted by atomic mass is 16.5. The zero-order valence-corrected chi connectivity index (χ0v) is 5.44. The Morgan fingerprint density at radius 2 is 2.44 bits per heavy atom. The summed E-state index contributed by atoms with van der Waals surface area (Å²) < 4.78 is 5.10. The average Bonchev–Trinajstić information content (AvgIpc) is 1.89. The van der Waals surface area contributed by atoms with E-state index >= 15 is 0 Å². The smallest absolute Gasteiger partial charge is 0.232 e. The van der Waals surface area contributed by atoms with Gasteiger partial charge in [0, 0.05) is 5.57 Å². The summed E-state index contributed by atoms with van der Waals surface area (Å²) in [6.07, 6.45) is 3.63. The van der Waals surface area contributed by atoms with Crippen LogP contribution in [0, 0.1) is 0 Å². The molecule has 0 aromatic heterocycles. The first-order valence-electron chi connectivity index (χ1n) is 3.05. The first kappa shape index (κ1) is 6.33. The maximum atomic E-state index is 10.1. The van der Waals surface area contributed by atoms with Crippen molar-refractivity contribution in [1.29, 1.82) is 0 Å². The highest BCUT2D eigenvalue weighted by molar-refractivity contribution is 5.74. The van der Waals surface area contributed by atoms with Crippen LogP contribution in [0.5, 0.6) is 0 Å². The Morgan fingerprint density at radius 1 is 1.67 bits per heavy atom. The molecule has 0 saturated carbocycles. The van der Waals surface area contributed by atoms with Gasteiger partial charge in [-0.25, -0.2) is 0 Å². The Balaban J connectivity index is 2.70. The standard InChI is InChI=1S/C7H9O2/c1-6-7(5-8)3-2-4-9-6/h2-4H2,1H3. The molecule has 0 unspecified atom stereocenters. The van der Waals surface area contributed by atoms with Gasteiger partial charge in [-0.1, -0.05) is 0 Å². The molecule has 0 atom stereocenters. The second kappa shape index (κ2) is 2.67. The Hall–Kier alpha value is -0.790. The third-order valence-corrected chi connectivity index (χ3v) is 1.44. The maximum Gasteiger partial charge on any atom is 0.232 e. The number of carbonyl (C=O) groups excluding carboxylic acids is 1. The zero-order chi connectivity index (χ0) is 6.69. The Labute approximate surface area is 54.5 Å². The van der Waals surface area contributed by atoms with Crippen LogP contribution >= 0.6 is 0 Å². The van der Waals surface area contributed by atoms with Crippen LogP contribution in [0.1, 0.15) is 19.8 Å². The van der Waals surface area contributed by atoms with Gasteiger partial charge < -0.3 is 4.74 Å².